The largest absolute Gasteiger partial charge is 0.379 e. The van der Waals surface area contributed by atoms with Crippen molar-refractivity contribution >= 4 is 37.5 Å². The number of halogens is 1. The molecule has 6 nitrogen and oxygen atoms in total. The van der Waals surface area contributed by atoms with Gasteiger partial charge in [0.15, 0.2) is 0 Å². The van der Waals surface area contributed by atoms with Crippen molar-refractivity contribution in [1.29, 1.82) is 0 Å². The highest BCUT2D eigenvalue weighted by Gasteiger charge is 2.21. The molecule has 0 fully saturated rings. The first kappa shape index (κ1) is 20.9. The van der Waals surface area contributed by atoms with Crippen LogP contribution in [0, 0.1) is 6.92 Å². The van der Waals surface area contributed by atoms with Gasteiger partial charge >= 0.3 is 0 Å². The second-order valence-corrected chi connectivity index (χ2v) is 8.59. The summed E-state index contributed by atoms with van der Waals surface area (Å²) >= 11 is 3.38. The molecule has 1 amide bonds. The number of aryl methyl sites for hydroxylation is 1. The Morgan fingerprint density at radius 3 is 2.58 bits per heavy atom. The second kappa shape index (κ2) is 9.39. The molecular formula is C16H25BrN2O4S. The van der Waals surface area contributed by atoms with E-state index in [1.807, 2.05) is 20.8 Å². The number of nitrogens with zero attached hydrogens (tertiary/aromatic N) is 1. The Labute approximate surface area is 152 Å². The monoisotopic (exact) mass is 420 g/mol. The maximum absolute atomic E-state index is 12.1. The topological polar surface area (TPSA) is 75.7 Å². The van der Waals surface area contributed by atoms with E-state index in [4.69, 9.17) is 4.74 Å². The number of hydrogen-bond donors (Lipinski definition) is 1. The molecule has 0 aliphatic carbocycles. The van der Waals surface area contributed by atoms with Gasteiger partial charge in [0.2, 0.25) is 15.9 Å². The van der Waals surface area contributed by atoms with Crippen molar-refractivity contribution in [3.63, 3.8) is 0 Å². The minimum atomic E-state index is -3.56. The summed E-state index contributed by atoms with van der Waals surface area (Å²) in [4.78, 5) is 12.1. The van der Waals surface area contributed by atoms with Gasteiger partial charge in [-0.3, -0.25) is 9.10 Å². The van der Waals surface area contributed by atoms with Gasteiger partial charge in [0, 0.05) is 17.6 Å². The van der Waals surface area contributed by atoms with E-state index in [2.05, 4.69) is 21.2 Å². The lowest BCUT2D eigenvalue weighted by Crippen LogP contribution is -2.40. The summed E-state index contributed by atoms with van der Waals surface area (Å²) in [5.41, 5.74) is 1.36. The standard InChI is InChI=1S/C16H25BrN2O4S/c1-12(2)23-9-5-8-18-16(20)11-19(24(4,21)22)14-6-7-15(17)13(3)10-14/h6-7,10,12H,5,8-9,11H2,1-4H3,(H,18,20). The average molecular weight is 421 g/mol. The zero-order chi connectivity index (χ0) is 18.3. The normalized spacial score (nSPS) is 11.6. The second-order valence-electron chi connectivity index (χ2n) is 5.83. The average Bonchev–Trinajstić information content (AvgIpc) is 2.46. The summed E-state index contributed by atoms with van der Waals surface area (Å²) in [6, 6.07) is 5.17. The lowest BCUT2D eigenvalue weighted by Gasteiger charge is -2.22. The van der Waals surface area contributed by atoms with Crippen molar-refractivity contribution in [2.24, 2.45) is 0 Å². The first-order valence-electron chi connectivity index (χ1n) is 7.73. The highest BCUT2D eigenvalue weighted by molar-refractivity contribution is 9.10. The van der Waals surface area contributed by atoms with Gasteiger partial charge < -0.3 is 10.1 Å². The van der Waals surface area contributed by atoms with Crippen molar-refractivity contribution in [2.75, 3.05) is 30.3 Å². The zero-order valence-electron chi connectivity index (χ0n) is 14.5. The van der Waals surface area contributed by atoms with Gasteiger partial charge in [0.25, 0.3) is 0 Å². The van der Waals surface area contributed by atoms with E-state index in [9.17, 15) is 13.2 Å². The Morgan fingerprint density at radius 2 is 2.04 bits per heavy atom. The zero-order valence-corrected chi connectivity index (χ0v) is 16.9. The number of carbonyl (C=O) groups excluding carboxylic acids is 1. The molecule has 0 aliphatic rings. The fourth-order valence-corrected chi connectivity index (χ4v) is 3.08. The van der Waals surface area contributed by atoms with Crippen LogP contribution in [0.15, 0.2) is 22.7 Å². The SMILES string of the molecule is Cc1cc(N(CC(=O)NCCCOC(C)C)S(C)(=O)=O)ccc1Br. The van der Waals surface area contributed by atoms with E-state index in [0.717, 1.165) is 20.6 Å². The maximum atomic E-state index is 12.1. The molecule has 136 valence electrons. The van der Waals surface area contributed by atoms with Crippen LogP contribution in [0.5, 0.6) is 0 Å². The number of anilines is 1. The first-order valence-corrected chi connectivity index (χ1v) is 10.4. The number of benzene rings is 1. The van der Waals surface area contributed by atoms with E-state index >= 15 is 0 Å². The molecule has 0 radical (unpaired) electrons. The summed E-state index contributed by atoms with van der Waals surface area (Å²) in [5.74, 6) is -0.342. The van der Waals surface area contributed by atoms with Gasteiger partial charge in [-0.15, -0.1) is 0 Å². The lowest BCUT2D eigenvalue weighted by atomic mass is 10.2. The maximum Gasteiger partial charge on any atom is 0.240 e. The summed E-state index contributed by atoms with van der Waals surface area (Å²) in [5, 5.41) is 2.72. The van der Waals surface area contributed by atoms with Crippen molar-refractivity contribution in [3.05, 3.63) is 28.2 Å². The van der Waals surface area contributed by atoms with E-state index in [0.29, 0.717) is 25.3 Å². The summed E-state index contributed by atoms with van der Waals surface area (Å²) in [6.07, 6.45) is 1.93. The van der Waals surface area contributed by atoms with Gasteiger partial charge in [0.1, 0.15) is 6.54 Å². The van der Waals surface area contributed by atoms with Gasteiger partial charge in [-0.2, -0.15) is 0 Å². The Bertz CT molecular complexity index is 662. The van der Waals surface area contributed by atoms with E-state index < -0.39 is 10.0 Å². The number of sulfonamides is 1. The van der Waals surface area contributed by atoms with E-state index in [-0.39, 0.29) is 18.6 Å². The van der Waals surface area contributed by atoms with Gasteiger partial charge in [-0.25, -0.2) is 8.42 Å². The molecule has 0 saturated carbocycles. The molecule has 8 heteroatoms. The van der Waals surface area contributed by atoms with Gasteiger partial charge in [-0.1, -0.05) is 15.9 Å². The van der Waals surface area contributed by atoms with Crippen molar-refractivity contribution in [2.45, 2.75) is 33.3 Å². The molecule has 0 aliphatic heterocycles. The minimum absolute atomic E-state index is 0.155. The number of amides is 1. The molecule has 0 bridgehead atoms. The third kappa shape index (κ3) is 7.19. The molecule has 1 N–H and O–H groups in total. The Hall–Kier alpha value is -1.12. The van der Waals surface area contributed by atoms with Gasteiger partial charge in [0.05, 0.1) is 18.0 Å². The van der Waals surface area contributed by atoms with Crippen molar-refractivity contribution < 1.29 is 17.9 Å². The van der Waals surface area contributed by atoms with Crippen LogP contribution in [-0.2, 0) is 19.6 Å². The molecule has 0 unspecified atom stereocenters. The smallest absolute Gasteiger partial charge is 0.240 e. The molecule has 0 aromatic heterocycles. The van der Waals surface area contributed by atoms with Gasteiger partial charge in [-0.05, 0) is 51.0 Å². The first-order chi connectivity index (χ1) is 11.1. The quantitative estimate of drug-likeness (QED) is 0.622. The van der Waals surface area contributed by atoms with Crippen LogP contribution in [0.2, 0.25) is 0 Å². The molecule has 0 saturated heterocycles. The summed E-state index contributed by atoms with van der Waals surface area (Å²) in [6.45, 7) is 6.52. The van der Waals surface area contributed by atoms with Crippen LogP contribution in [0.1, 0.15) is 25.8 Å². The molecule has 0 spiro atoms. The van der Waals surface area contributed by atoms with Crippen LogP contribution < -0.4 is 9.62 Å². The van der Waals surface area contributed by atoms with Crippen LogP contribution in [-0.4, -0.2) is 46.4 Å². The lowest BCUT2D eigenvalue weighted by molar-refractivity contribution is -0.119. The molecule has 1 rings (SSSR count). The summed E-state index contributed by atoms with van der Waals surface area (Å²) in [7, 11) is -3.56. The van der Waals surface area contributed by atoms with Crippen molar-refractivity contribution in [1.82, 2.24) is 5.32 Å². The summed E-state index contributed by atoms with van der Waals surface area (Å²) < 4.78 is 31.4. The molecular weight excluding hydrogens is 396 g/mol. The predicted molar refractivity (Wildman–Crippen MR) is 99.8 cm³/mol. The van der Waals surface area contributed by atoms with Crippen molar-refractivity contribution in [3.8, 4) is 0 Å². The van der Waals surface area contributed by atoms with Crippen LogP contribution in [0.25, 0.3) is 0 Å². The predicted octanol–water partition coefficient (Wildman–Crippen LogP) is 2.45. The number of ether oxygens (including phenoxy) is 1. The van der Waals surface area contributed by atoms with E-state index in [1.54, 1.807) is 18.2 Å². The Morgan fingerprint density at radius 1 is 1.38 bits per heavy atom. The number of carbonyl (C=O) groups is 1. The molecule has 0 heterocycles. The molecule has 24 heavy (non-hydrogen) atoms. The number of nitrogens with one attached hydrogen (secondary N) is 1. The van der Waals surface area contributed by atoms with E-state index in [1.165, 1.54) is 0 Å². The number of rotatable bonds is 9. The third-order valence-electron chi connectivity index (χ3n) is 3.21. The molecule has 1 aromatic rings. The third-order valence-corrected chi connectivity index (χ3v) is 5.24. The highest BCUT2D eigenvalue weighted by Crippen LogP contribution is 2.24. The van der Waals surface area contributed by atoms with Crippen LogP contribution >= 0.6 is 15.9 Å². The van der Waals surface area contributed by atoms with Crippen LogP contribution in [0.4, 0.5) is 5.69 Å². The molecule has 1 aromatic carbocycles. The Balaban J connectivity index is 2.67. The minimum Gasteiger partial charge on any atom is -0.379 e. The molecule has 0 atom stereocenters. The number of hydrogen-bond acceptors (Lipinski definition) is 4. The fraction of sp³-hybridized carbons (Fsp3) is 0.562. The Kier molecular flexibility index (Phi) is 8.18. The fourth-order valence-electron chi connectivity index (χ4n) is 1.99. The highest BCUT2D eigenvalue weighted by atomic mass is 79.9. The van der Waals surface area contributed by atoms with Crippen LogP contribution in [0.3, 0.4) is 0 Å².